The summed E-state index contributed by atoms with van der Waals surface area (Å²) in [6, 6.07) is -1.16. The lowest BCUT2D eigenvalue weighted by Crippen LogP contribution is -2.67. The quantitative estimate of drug-likeness (QED) is 0.267. The van der Waals surface area contributed by atoms with E-state index in [9.17, 15) is 30.3 Å². The predicted molar refractivity (Wildman–Crippen MR) is 96.5 cm³/mol. The molecule has 0 bridgehead atoms. The van der Waals surface area contributed by atoms with Crippen molar-refractivity contribution in [2.45, 2.75) is 74.3 Å². The van der Waals surface area contributed by atoms with Crippen LogP contribution in [-0.4, -0.2) is 110 Å². The van der Waals surface area contributed by atoms with Crippen LogP contribution in [0.2, 0.25) is 0 Å². The van der Waals surface area contributed by atoms with Gasteiger partial charge < -0.3 is 45.1 Å². The van der Waals surface area contributed by atoms with Crippen LogP contribution in [0, 0.1) is 0 Å². The molecule has 3 heterocycles. The van der Waals surface area contributed by atoms with E-state index in [-0.39, 0.29) is 0 Å². The summed E-state index contributed by atoms with van der Waals surface area (Å²) in [5.74, 6) is -0.495. The van der Waals surface area contributed by atoms with Crippen molar-refractivity contribution in [3.8, 4) is 0 Å². The number of aliphatic hydroxyl groups is 5. The smallest absolute Gasteiger partial charge is 0.217 e. The predicted octanol–water partition coefficient (Wildman–Crippen LogP) is -3.07. The van der Waals surface area contributed by atoms with Crippen LogP contribution >= 0.6 is 11.8 Å². The summed E-state index contributed by atoms with van der Waals surface area (Å²) in [6.45, 7) is 1.95. The molecule has 0 unspecified atom stereocenters. The standard InChI is InChI=1S/C16H26N2O9S/c1-5(21)17-9-11(23)10(22)7(3-19)26-16(9)27-13-8(4-20)25-15-14(12(13)24)28-6(2)18-15/h7-16,19-20,22-24H,3-4H2,1-2H3,(H,17,21)/t7-,8-,9-,10-,11-,12+,13-,14-,15+,16+/m1/s1. The molecule has 0 spiro atoms. The second-order valence-corrected chi connectivity index (χ2v) is 8.37. The number of nitrogens with one attached hydrogen (secondary N) is 1. The number of amides is 1. The van der Waals surface area contributed by atoms with Crippen molar-refractivity contribution in [2.75, 3.05) is 13.2 Å². The third kappa shape index (κ3) is 4.20. The zero-order valence-electron chi connectivity index (χ0n) is 15.4. The van der Waals surface area contributed by atoms with E-state index in [0.29, 0.717) is 0 Å². The van der Waals surface area contributed by atoms with Gasteiger partial charge in [0.15, 0.2) is 12.5 Å². The van der Waals surface area contributed by atoms with Crippen molar-refractivity contribution in [3.63, 3.8) is 0 Å². The fourth-order valence-electron chi connectivity index (χ4n) is 3.60. The molecular weight excluding hydrogens is 396 g/mol. The molecule has 0 aliphatic carbocycles. The first-order valence-electron chi connectivity index (χ1n) is 8.97. The number of hydrogen-bond acceptors (Lipinski definition) is 11. The van der Waals surface area contributed by atoms with Crippen LogP contribution in [0.5, 0.6) is 0 Å². The number of aliphatic hydroxyl groups excluding tert-OH is 5. The largest absolute Gasteiger partial charge is 0.394 e. The number of rotatable bonds is 5. The van der Waals surface area contributed by atoms with E-state index >= 15 is 0 Å². The van der Waals surface area contributed by atoms with Crippen LogP contribution in [0.15, 0.2) is 4.99 Å². The SMILES string of the molecule is CC(=O)N[C@H]1[C@H](O[C@H]2[C@H](O)[C@H]3SC(C)=N[C@H]3O[C@@H]2CO)O[C@H](CO)[C@@H](O)[C@@H]1O. The van der Waals surface area contributed by atoms with E-state index < -0.39 is 79.6 Å². The van der Waals surface area contributed by atoms with Crippen LogP contribution in [0.4, 0.5) is 0 Å². The van der Waals surface area contributed by atoms with E-state index in [1.807, 2.05) is 0 Å². The molecule has 3 aliphatic heterocycles. The molecule has 28 heavy (non-hydrogen) atoms. The average Bonchev–Trinajstić information content (AvgIpc) is 3.03. The number of carbonyl (C=O) groups excluding carboxylic acids is 1. The van der Waals surface area contributed by atoms with Gasteiger partial charge in [0.1, 0.15) is 36.6 Å². The fourth-order valence-corrected chi connectivity index (χ4v) is 4.70. The van der Waals surface area contributed by atoms with Crippen LogP contribution in [0.1, 0.15) is 13.8 Å². The lowest BCUT2D eigenvalue weighted by Gasteiger charge is -2.46. The van der Waals surface area contributed by atoms with Gasteiger partial charge in [0.05, 0.1) is 29.6 Å². The number of aliphatic imine (C=N–C) groups is 1. The summed E-state index contributed by atoms with van der Waals surface area (Å²) in [7, 11) is 0. The maximum Gasteiger partial charge on any atom is 0.217 e. The number of fused-ring (bicyclic) bond motifs is 1. The molecule has 3 rings (SSSR count). The Bertz CT molecular complexity index is 609. The second kappa shape index (κ2) is 8.90. The highest BCUT2D eigenvalue weighted by atomic mass is 32.2. The Morgan fingerprint density at radius 2 is 1.82 bits per heavy atom. The molecule has 12 heteroatoms. The highest BCUT2D eigenvalue weighted by Crippen LogP contribution is 2.38. The van der Waals surface area contributed by atoms with Gasteiger partial charge in [0.25, 0.3) is 0 Å². The minimum atomic E-state index is -1.48. The summed E-state index contributed by atoms with van der Waals surface area (Å²) >= 11 is 1.33. The number of carbonyl (C=O) groups is 1. The van der Waals surface area contributed by atoms with Crippen LogP contribution in [0.25, 0.3) is 0 Å². The lowest BCUT2D eigenvalue weighted by atomic mass is 9.96. The van der Waals surface area contributed by atoms with Crippen LogP contribution in [0.3, 0.4) is 0 Å². The highest BCUT2D eigenvalue weighted by Gasteiger charge is 2.52. The number of thioether (sulfide) groups is 1. The van der Waals surface area contributed by atoms with Gasteiger partial charge in [-0.25, -0.2) is 0 Å². The Kier molecular flexibility index (Phi) is 6.95. The molecule has 0 aromatic carbocycles. The van der Waals surface area contributed by atoms with Crippen LogP contribution < -0.4 is 5.32 Å². The normalized spacial score (nSPS) is 46.0. The lowest BCUT2D eigenvalue weighted by molar-refractivity contribution is -0.310. The molecule has 160 valence electrons. The highest BCUT2D eigenvalue weighted by molar-refractivity contribution is 8.14. The average molecular weight is 422 g/mol. The van der Waals surface area contributed by atoms with Gasteiger partial charge in [-0.05, 0) is 6.92 Å². The minimum absolute atomic E-state index is 0.445. The molecule has 0 radical (unpaired) electrons. The zero-order chi connectivity index (χ0) is 20.6. The summed E-state index contributed by atoms with van der Waals surface area (Å²) in [5.41, 5.74) is 0. The molecule has 11 nitrogen and oxygen atoms in total. The van der Waals surface area contributed by atoms with E-state index in [1.165, 1.54) is 18.7 Å². The Labute approximate surface area is 165 Å². The van der Waals surface area contributed by atoms with Crippen molar-refractivity contribution in [3.05, 3.63) is 0 Å². The Morgan fingerprint density at radius 1 is 1.14 bits per heavy atom. The third-order valence-corrected chi connectivity index (χ3v) is 6.20. The molecule has 0 aromatic rings. The van der Waals surface area contributed by atoms with Gasteiger partial charge in [-0.15, -0.1) is 11.8 Å². The Balaban J connectivity index is 1.80. The van der Waals surface area contributed by atoms with Gasteiger partial charge in [-0.3, -0.25) is 9.79 Å². The molecule has 3 aliphatic rings. The molecule has 6 N–H and O–H groups in total. The summed E-state index contributed by atoms with van der Waals surface area (Å²) in [4.78, 5) is 15.8. The van der Waals surface area contributed by atoms with Gasteiger partial charge in [-0.2, -0.15) is 0 Å². The maximum atomic E-state index is 11.5. The molecule has 10 atom stereocenters. The Morgan fingerprint density at radius 3 is 2.43 bits per heavy atom. The first-order valence-corrected chi connectivity index (χ1v) is 9.85. The molecule has 1 amide bonds. The summed E-state index contributed by atoms with van der Waals surface area (Å²) in [6.07, 6.45) is -9.07. The van der Waals surface area contributed by atoms with Crippen molar-refractivity contribution < 1.29 is 44.5 Å². The van der Waals surface area contributed by atoms with Gasteiger partial charge in [0, 0.05) is 6.92 Å². The topological polar surface area (TPSA) is 170 Å². The summed E-state index contributed by atoms with van der Waals surface area (Å²) < 4.78 is 17.1. The summed E-state index contributed by atoms with van der Waals surface area (Å²) in [5, 5.41) is 53.0. The molecule has 0 saturated carbocycles. The van der Waals surface area contributed by atoms with Crippen molar-refractivity contribution in [2.24, 2.45) is 4.99 Å². The van der Waals surface area contributed by atoms with Crippen molar-refractivity contribution in [1.29, 1.82) is 0 Å². The number of ether oxygens (including phenoxy) is 3. The van der Waals surface area contributed by atoms with Gasteiger partial charge >= 0.3 is 0 Å². The van der Waals surface area contributed by atoms with E-state index in [0.717, 1.165) is 5.04 Å². The van der Waals surface area contributed by atoms with Gasteiger partial charge in [-0.1, -0.05) is 0 Å². The van der Waals surface area contributed by atoms with Gasteiger partial charge in [0.2, 0.25) is 5.91 Å². The fraction of sp³-hybridized carbons (Fsp3) is 0.875. The second-order valence-electron chi connectivity index (χ2n) is 7.00. The number of hydrogen-bond donors (Lipinski definition) is 6. The van der Waals surface area contributed by atoms with E-state index in [2.05, 4.69) is 10.3 Å². The minimum Gasteiger partial charge on any atom is -0.394 e. The molecule has 2 saturated heterocycles. The first-order chi connectivity index (χ1) is 13.3. The van der Waals surface area contributed by atoms with Crippen LogP contribution in [-0.2, 0) is 19.0 Å². The number of nitrogens with zero attached hydrogens (tertiary/aromatic N) is 1. The zero-order valence-corrected chi connectivity index (χ0v) is 16.2. The third-order valence-electron chi connectivity index (χ3n) is 4.97. The van der Waals surface area contributed by atoms with E-state index in [1.54, 1.807) is 6.92 Å². The van der Waals surface area contributed by atoms with Crippen molar-refractivity contribution in [1.82, 2.24) is 5.32 Å². The monoisotopic (exact) mass is 422 g/mol. The van der Waals surface area contributed by atoms with E-state index in [4.69, 9.17) is 14.2 Å². The van der Waals surface area contributed by atoms with Crippen molar-refractivity contribution >= 4 is 22.7 Å². The first kappa shape index (κ1) is 21.9. The molecule has 0 aromatic heterocycles. The molecule has 2 fully saturated rings. The Hall–Kier alpha value is -0.830. The maximum absolute atomic E-state index is 11.5. The molecular formula is C16H26N2O9S.